The molecule has 0 bridgehead atoms. The molecule has 1 amide bonds. The largest absolute Gasteiger partial charge is 0.490 e. The van der Waals surface area contributed by atoms with Crippen molar-refractivity contribution in [2.45, 2.75) is 117 Å². The Morgan fingerprint density at radius 2 is 1.57 bits per heavy atom. The predicted molar refractivity (Wildman–Crippen MR) is 138 cm³/mol. The van der Waals surface area contributed by atoms with Gasteiger partial charge in [0.05, 0.1) is 18.2 Å². The van der Waals surface area contributed by atoms with Crippen molar-refractivity contribution in [2.24, 2.45) is 17.3 Å². The standard InChI is InChI=1S/C29H44F3NO4/c1-26(2,3)19-9-12-21(13-10-19)37-23-15-8-18-16-20(11-14-22(18)24(23)29(30,31)32)28(7,17-34)33(25(35)36)27(4,5)6/h8,15,19-21,34H,9-14,16-17H2,1-7H3,(H,35,36)/t19-,20-,21-,28-/m0/s1. The molecule has 5 nitrogen and oxygen atoms in total. The average molecular weight is 528 g/mol. The zero-order valence-corrected chi connectivity index (χ0v) is 23.3. The van der Waals surface area contributed by atoms with Gasteiger partial charge in [0.15, 0.2) is 0 Å². The minimum absolute atomic E-state index is 0.101. The summed E-state index contributed by atoms with van der Waals surface area (Å²) in [5.41, 5.74) is -1.66. The Hall–Kier alpha value is -1.96. The van der Waals surface area contributed by atoms with Gasteiger partial charge in [0.25, 0.3) is 0 Å². The topological polar surface area (TPSA) is 70.0 Å². The van der Waals surface area contributed by atoms with Crippen LogP contribution < -0.4 is 4.74 Å². The monoisotopic (exact) mass is 527 g/mol. The van der Waals surface area contributed by atoms with E-state index in [9.17, 15) is 28.2 Å². The van der Waals surface area contributed by atoms with Crippen molar-refractivity contribution >= 4 is 6.09 Å². The van der Waals surface area contributed by atoms with Crippen LogP contribution >= 0.6 is 0 Å². The van der Waals surface area contributed by atoms with Gasteiger partial charge < -0.3 is 14.9 Å². The summed E-state index contributed by atoms with van der Waals surface area (Å²) in [7, 11) is 0. The molecular weight excluding hydrogens is 483 g/mol. The summed E-state index contributed by atoms with van der Waals surface area (Å²) in [5, 5.41) is 20.3. The molecule has 1 saturated carbocycles. The summed E-state index contributed by atoms with van der Waals surface area (Å²) in [6.07, 6.45) is -1.84. The molecule has 1 fully saturated rings. The summed E-state index contributed by atoms with van der Waals surface area (Å²) in [6, 6.07) is 3.14. The van der Waals surface area contributed by atoms with E-state index in [0.717, 1.165) is 25.7 Å². The molecule has 0 spiro atoms. The number of rotatable bonds is 5. The van der Waals surface area contributed by atoms with Crippen molar-refractivity contribution in [3.8, 4) is 5.75 Å². The van der Waals surface area contributed by atoms with Gasteiger partial charge in [-0.15, -0.1) is 0 Å². The first-order valence-electron chi connectivity index (χ1n) is 13.4. The van der Waals surface area contributed by atoms with E-state index in [1.807, 2.05) is 0 Å². The van der Waals surface area contributed by atoms with Crippen LogP contribution in [0.4, 0.5) is 18.0 Å². The summed E-state index contributed by atoms with van der Waals surface area (Å²) in [4.78, 5) is 13.4. The van der Waals surface area contributed by atoms with E-state index in [4.69, 9.17) is 4.74 Å². The van der Waals surface area contributed by atoms with Crippen LogP contribution in [0.3, 0.4) is 0 Å². The molecule has 2 atom stereocenters. The smallest absolute Gasteiger partial charge is 0.420 e. The molecule has 0 heterocycles. The SMILES string of the molecule is CC(C)(C)N(C(=O)O)[C@@](C)(CO)[C@H]1CCc2c(ccc(O[C@H]3CC[C@H](C(C)(C)C)CC3)c2C(F)(F)F)C1. The van der Waals surface area contributed by atoms with Crippen molar-refractivity contribution in [3.63, 3.8) is 0 Å². The van der Waals surface area contributed by atoms with Gasteiger partial charge in [0, 0.05) is 5.54 Å². The Morgan fingerprint density at radius 3 is 2.03 bits per heavy atom. The highest BCUT2D eigenvalue weighted by Gasteiger charge is 2.49. The zero-order valence-electron chi connectivity index (χ0n) is 23.3. The number of hydrogen-bond donors (Lipinski definition) is 2. The van der Waals surface area contributed by atoms with Crippen LogP contribution in [0.15, 0.2) is 12.1 Å². The molecule has 1 aromatic rings. The zero-order chi connectivity index (χ0) is 28.0. The van der Waals surface area contributed by atoms with Crippen molar-refractivity contribution in [1.82, 2.24) is 4.90 Å². The first-order chi connectivity index (χ1) is 16.9. The number of amides is 1. The fraction of sp³-hybridized carbons (Fsp3) is 0.759. The minimum Gasteiger partial charge on any atom is -0.490 e. The molecule has 2 aliphatic rings. The fourth-order valence-corrected chi connectivity index (χ4v) is 6.65. The third-order valence-electron chi connectivity index (χ3n) is 8.63. The first kappa shape index (κ1) is 29.6. The molecule has 8 heteroatoms. The Bertz CT molecular complexity index is 971. The highest BCUT2D eigenvalue weighted by molar-refractivity contribution is 5.67. The molecule has 2 aliphatic carbocycles. The number of halogens is 3. The second-order valence-electron chi connectivity index (χ2n) is 13.3. The van der Waals surface area contributed by atoms with Crippen LogP contribution in [0.25, 0.3) is 0 Å². The van der Waals surface area contributed by atoms with Crippen LogP contribution in [0.1, 0.15) is 97.3 Å². The van der Waals surface area contributed by atoms with Gasteiger partial charge in [0.1, 0.15) is 11.3 Å². The molecule has 2 N–H and O–H groups in total. The number of carboxylic acid groups (broad SMARTS) is 1. The Labute approximate surface area is 219 Å². The van der Waals surface area contributed by atoms with Crippen LogP contribution in [0.5, 0.6) is 5.75 Å². The Balaban J connectivity index is 1.90. The minimum atomic E-state index is -4.56. The Morgan fingerprint density at radius 1 is 0.973 bits per heavy atom. The van der Waals surface area contributed by atoms with Gasteiger partial charge >= 0.3 is 12.3 Å². The number of aliphatic hydroxyl groups excluding tert-OH is 1. The summed E-state index contributed by atoms with van der Waals surface area (Å²) >= 11 is 0. The van der Waals surface area contributed by atoms with E-state index in [2.05, 4.69) is 20.8 Å². The number of alkyl halides is 3. The second-order valence-corrected chi connectivity index (χ2v) is 13.3. The van der Waals surface area contributed by atoms with E-state index in [1.165, 1.54) is 11.0 Å². The number of hydrogen-bond acceptors (Lipinski definition) is 3. The van der Waals surface area contributed by atoms with Crippen LogP contribution in [0, 0.1) is 17.3 Å². The molecule has 3 rings (SSSR count). The van der Waals surface area contributed by atoms with Gasteiger partial charge in [-0.25, -0.2) is 4.79 Å². The van der Waals surface area contributed by atoms with E-state index in [-0.39, 0.29) is 41.6 Å². The maximum atomic E-state index is 14.4. The maximum absolute atomic E-state index is 14.4. The molecular formula is C29H44F3NO4. The van der Waals surface area contributed by atoms with Gasteiger partial charge in [-0.3, -0.25) is 4.90 Å². The lowest BCUT2D eigenvalue weighted by atomic mass is 9.71. The Kier molecular flexibility index (Phi) is 8.24. The highest BCUT2D eigenvalue weighted by Crippen LogP contribution is 2.47. The lowest BCUT2D eigenvalue weighted by Gasteiger charge is -2.51. The van der Waals surface area contributed by atoms with Gasteiger partial charge in [-0.05, 0) is 107 Å². The van der Waals surface area contributed by atoms with Crippen molar-refractivity contribution in [3.05, 3.63) is 28.8 Å². The second kappa shape index (κ2) is 10.3. The van der Waals surface area contributed by atoms with Gasteiger partial charge in [-0.2, -0.15) is 13.2 Å². The third kappa shape index (κ3) is 6.21. The highest BCUT2D eigenvalue weighted by atomic mass is 19.4. The number of carbonyl (C=O) groups is 1. The molecule has 0 unspecified atom stereocenters. The van der Waals surface area contributed by atoms with Gasteiger partial charge in [-0.1, -0.05) is 26.8 Å². The van der Waals surface area contributed by atoms with Gasteiger partial charge in [0.2, 0.25) is 0 Å². The normalized spacial score (nSPS) is 24.7. The van der Waals surface area contributed by atoms with Crippen molar-refractivity contribution in [1.29, 1.82) is 0 Å². The number of aliphatic hydroxyl groups is 1. The maximum Gasteiger partial charge on any atom is 0.420 e. The van der Waals surface area contributed by atoms with E-state index in [1.54, 1.807) is 33.8 Å². The first-order valence-corrected chi connectivity index (χ1v) is 13.4. The molecule has 210 valence electrons. The number of fused-ring (bicyclic) bond motifs is 1. The molecule has 37 heavy (non-hydrogen) atoms. The average Bonchev–Trinajstić information content (AvgIpc) is 2.76. The van der Waals surface area contributed by atoms with Crippen LogP contribution in [-0.2, 0) is 19.0 Å². The number of benzene rings is 1. The van der Waals surface area contributed by atoms with E-state index in [0.29, 0.717) is 17.9 Å². The van der Waals surface area contributed by atoms with Crippen molar-refractivity contribution < 1.29 is 32.9 Å². The summed E-state index contributed by atoms with van der Waals surface area (Å²) in [5.74, 6) is 0.103. The predicted octanol–water partition coefficient (Wildman–Crippen LogP) is 7.32. The molecule has 1 aromatic carbocycles. The number of nitrogens with zero attached hydrogens (tertiary/aromatic N) is 1. The summed E-state index contributed by atoms with van der Waals surface area (Å²) in [6.45, 7) is 13.2. The fourth-order valence-electron chi connectivity index (χ4n) is 6.65. The molecule has 0 radical (unpaired) electrons. The van der Waals surface area contributed by atoms with Crippen molar-refractivity contribution in [2.75, 3.05) is 6.61 Å². The number of ether oxygens (including phenoxy) is 1. The lowest BCUT2D eigenvalue weighted by molar-refractivity contribution is -0.140. The van der Waals surface area contributed by atoms with E-state index < -0.39 is 35.5 Å². The molecule has 0 saturated heterocycles. The van der Waals surface area contributed by atoms with E-state index >= 15 is 0 Å². The third-order valence-corrected chi connectivity index (χ3v) is 8.63. The quantitative estimate of drug-likeness (QED) is 0.421. The van der Waals surface area contributed by atoms with Crippen LogP contribution in [-0.4, -0.2) is 45.0 Å². The lowest BCUT2D eigenvalue weighted by Crippen LogP contribution is -2.63. The summed E-state index contributed by atoms with van der Waals surface area (Å²) < 4.78 is 49.2. The molecule has 0 aliphatic heterocycles. The molecule has 0 aromatic heterocycles. The van der Waals surface area contributed by atoms with Crippen LogP contribution in [0.2, 0.25) is 0 Å².